The van der Waals surface area contributed by atoms with Crippen LogP contribution in [0.5, 0.6) is 0 Å². The summed E-state index contributed by atoms with van der Waals surface area (Å²) in [7, 11) is 3.63. The quantitative estimate of drug-likeness (QED) is 0.889. The molecule has 27 heavy (non-hydrogen) atoms. The molecule has 2 fully saturated rings. The molecule has 1 spiro atoms. The number of carbonyl (C=O) groups is 2. The van der Waals surface area contributed by atoms with Crippen LogP contribution in [0.2, 0.25) is 0 Å². The molecule has 5 heteroatoms. The second kappa shape index (κ2) is 7.17. The van der Waals surface area contributed by atoms with E-state index < -0.39 is 0 Å². The lowest BCUT2D eigenvalue weighted by Gasteiger charge is -2.41. The highest BCUT2D eigenvalue weighted by Crippen LogP contribution is 2.52. The SMILES string of the molecule is CN(C)C(=O)N1CCC2(CC1)C[C@@H](CC(=O)NC1CCC1)c1ccccc12. The van der Waals surface area contributed by atoms with Crippen LogP contribution >= 0.6 is 0 Å². The van der Waals surface area contributed by atoms with Gasteiger partial charge in [-0.25, -0.2) is 4.79 Å². The summed E-state index contributed by atoms with van der Waals surface area (Å²) in [5.74, 6) is 0.508. The van der Waals surface area contributed by atoms with Crippen molar-refractivity contribution in [2.24, 2.45) is 0 Å². The monoisotopic (exact) mass is 369 g/mol. The minimum atomic E-state index is 0.104. The molecule has 1 saturated heterocycles. The molecule has 0 radical (unpaired) electrons. The maximum atomic E-state index is 12.5. The number of rotatable bonds is 3. The third-order valence-corrected chi connectivity index (χ3v) is 6.88. The van der Waals surface area contributed by atoms with Gasteiger partial charge in [-0.05, 0) is 61.0 Å². The largest absolute Gasteiger partial charge is 0.353 e. The Kier molecular flexibility index (Phi) is 4.87. The fourth-order valence-corrected chi connectivity index (χ4v) is 5.15. The highest BCUT2D eigenvalue weighted by molar-refractivity contribution is 5.78. The smallest absolute Gasteiger partial charge is 0.319 e. The summed E-state index contributed by atoms with van der Waals surface area (Å²) in [6.45, 7) is 1.60. The molecular weight excluding hydrogens is 338 g/mol. The predicted molar refractivity (Wildman–Crippen MR) is 106 cm³/mol. The van der Waals surface area contributed by atoms with Crippen molar-refractivity contribution in [2.45, 2.75) is 62.3 Å². The normalized spacial score (nSPS) is 23.6. The first kappa shape index (κ1) is 18.3. The zero-order valence-electron chi connectivity index (χ0n) is 16.5. The lowest BCUT2D eigenvalue weighted by Crippen LogP contribution is -2.47. The van der Waals surface area contributed by atoms with Crippen LogP contribution in [0.25, 0.3) is 0 Å². The van der Waals surface area contributed by atoms with Crippen molar-refractivity contribution in [2.75, 3.05) is 27.2 Å². The van der Waals surface area contributed by atoms with Crippen LogP contribution in [0.1, 0.15) is 62.0 Å². The minimum absolute atomic E-state index is 0.104. The van der Waals surface area contributed by atoms with Gasteiger partial charge in [-0.2, -0.15) is 0 Å². The molecule has 3 amide bonds. The summed E-state index contributed by atoms with van der Waals surface area (Å²) in [5, 5.41) is 3.20. The van der Waals surface area contributed by atoms with Crippen molar-refractivity contribution in [3.63, 3.8) is 0 Å². The molecule has 5 nitrogen and oxygen atoms in total. The number of nitrogens with zero attached hydrogens (tertiary/aromatic N) is 2. The average molecular weight is 370 g/mol. The molecule has 1 aromatic carbocycles. The van der Waals surface area contributed by atoms with E-state index in [0.717, 1.165) is 45.2 Å². The van der Waals surface area contributed by atoms with E-state index in [0.29, 0.717) is 18.4 Å². The van der Waals surface area contributed by atoms with E-state index in [4.69, 9.17) is 0 Å². The van der Waals surface area contributed by atoms with Gasteiger partial charge in [0.1, 0.15) is 0 Å². The summed E-state index contributed by atoms with van der Waals surface area (Å²) in [5.41, 5.74) is 2.90. The van der Waals surface area contributed by atoms with E-state index in [1.165, 1.54) is 17.5 Å². The zero-order valence-corrected chi connectivity index (χ0v) is 16.5. The molecule has 2 aliphatic carbocycles. The topological polar surface area (TPSA) is 52.7 Å². The standard InChI is InChI=1S/C22H31N3O2/c1-24(2)21(27)25-12-10-22(11-13-25)15-16(18-8-3-4-9-19(18)22)14-20(26)23-17-6-5-7-17/h3-4,8-9,16-17H,5-7,10-15H2,1-2H3,(H,23,26)/t16-/m1/s1. The van der Waals surface area contributed by atoms with E-state index in [9.17, 15) is 9.59 Å². The summed E-state index contributed by atoms with van der Waals surface area (Å²) >= 11 is 0. The first-order valence-electron chi connectivity index (χ1n) is 10.3. The molecular formula is C22H31N3O2. The highest BCUT2D eigenvalue weighted by Gasteiger charge is 2.46. The average Bonchev–Trinajstić information content (AvgIpc) is 2.92. The van der Waals surface area contributed by atoms with Gasteiger partial charge in [-0.15, -0.1) is 0 Å². The predicted octanol–water partition coefficient (Wildman–Crippen LogP) is 3.25. The second-order valence-corrected chi connectivity index (χ2v) is 8.83. The number of piperidine rings is 1. The van der Waals surface area contributed by atoms with Gasteiger partial charge in [0.2, 0.25) is 5.91 Å². The van der Waals surface area contributed by atoms with Gasteiger partial charge in [0.05, 0.1) is 0 Å². The van der Waals surface area contributed by atoms with E-state index in [1.54, 1.807) is 4.90 Å². The molecule has 3 aliphatic rings. The van der Waals surface area contributed by atoms with Crippen molar-refractivity contribution >= 4 is 11.9 Å². The summed E-state index contributed by atoms with van der Waals surface area (Å²) < 4.78 is 0. The van der Waals surface area contributed by atoms with Crippen molar-refractivity contribution in [1.82, 2.24) is 15.1 Å². The van der Waals surface area contributed by atoms with Crippen LogP contribution in [-0.4, -0.2) is 55.0 Å². The Labute approximate surface area is 162 Å². The van der Waals surface area contributed by atoms with Crippen LogP contribution < -0.4 is 5.32 Å². The Morgan fingerprint density at radius 2 is 1.89 bits per heavy atom. The number of nitrogens with one attached hydrogen (secondary N) is 1. The second-order valence-electron chi connectivity index (χ2n) is 8.83. The Hall–Kier alpha value is -2.04. The molecule has 146 valence electrons. The number of amides is 3. The molecule has 1 aliphatic heterocycles. The van der Waals surface area contributed by atoms with Gasteiger partial charge >= 0.3 is 6.03 Å². The highest BCUT2D eigenvalue weighted by atomic mass is 16.2. The molecule has 1 heterocycles. The summed E-state index contributed by atoms with van der Waals surface area (Å²) in [6, 6.07) is 9.19. The maximum absolute atomic E-state index is 12.5. The molecule has 1 saturated carbocycles. The van der Waals surface area contributed by atoms with Crippen LogP contribution in [-0.2, 0) is 10.2 Å². The minimum Gasteiger partial charge on any atom is -0.353 e. The molecule has 0 bridgehead atoms. The molecule has 0 aromatic heterocycles. The number of hydrogen-bond donors (Lipinski definition) is 1. The fraction of sp³-hybridized carbons (Fsp3) is 0.636. The summed E-state index contributed by atoms with van der Waals surface area (Å²) in [6.07, 6.45) is 7.11. The van der Waals surface area contributed by atoms with Gasteiger partial charge in [-0.1, -0.05) is 24.3 Å². The number of carbonyl (C=O) groups excluding carboxylic acids is 2. The first-order valence-corrected chi connectivity index (χ1v) is 10.3. The van der Waals surface area contributed by atoms with Gasteiger partial charge in [0.25, 0.3) is 0 Å². The lowest BCUT2D eigenvalue weighted by molar-refractivity contribution is -0.122. The molecule has 1 aromatic rings. The summed E-state index contributed by atoms with van der Waals surface area (Å²) in [4.78, 5) is 28.4. The lowest BCUT2D eigenvalue weighted by atomic mass is 9.73. The van der Waals surface area contributed by atoms with E-state index in [1.807, 2.05) is 19.0 Å². The number of hydrogen-bond acceptors (Lipinski definition) is 2. The number of fused-ring (bicyclic) bond motifs is 2. The zero-order chi connectivity index (χ0) is 19.0. The van der Waals surface area contributed by atoms with Crippen molar-refractivity contribution in [3.8, 4) is 0 Å². The van der Waals surface area contributed by atoms with Gasteiger partial charge in [0.15, 0.2) is 0 Å². The van der Waals surface area contributed by atoms with Crippen molar-refractivity contribution < 1.29 is 9.59 Å². The fourth-order valence-electron chi connectivity index (χ4n) is 5.15. The van der Waals surface area contributed by atoms with Gasteiger partial charge in [0, 0.05) is 39.6 Å². The number of urea groups is 1. The van der Waals surface area contributed by atoms with Crippen LogP contribution in [0.15, 0.2) is 24.3 Å². The molecule has 4 rings (SSSR count). The van der Waals surface area contributed by atoms with Crippen LogP contribution in [0.4, 0.5) is 4.79 Å². The van der Waals surface area contributed by atoms with Gasteiger partial charge < -0.3 is 15.1 Å². The third kappa shape index (κ3) is 3.44. The van der Waals surface area contributed by atoms with Crippen molar-refractivity contribution in [1.29, 1.82) is 0 Å². The van der Waals surface area contributed by atoms with Crippen LogP contribution in [0.3, 0.4) is 0 Å². The van der Waals surface area contributed by atoms with E-state index in [-0.39, 0.29) is 17.4 Å². The molecule has 1 atom stereocenters. The number of likely N-dealkylation sites (tertiary alicyclic amines) is 1. The molecule has 1 N–H and O–H groups in total. The Bertz CT molecular complexity index is 718. The van der Waals surface area contributed by atoms with E-state index >= 15 is 0 Å². The Balaban J connectivity index is 1.47. The first-order chi connectivity index (χ1) is 13.0. The Morgan fingerprint density at radius 3 is 2.52 bits per heavy atom. The van der Waals surface area contributed by atoms with Gasteiger partial charge in [-0.3, -0.25) is 4.79 Å². The third-order valence-electron chi connectivity index (χ3n) is 6.88. The molecule has 0 unspecified atom stereocenters. The van der Waals surface area contributed by atoms with Crippen molar-refractivity contribution in [3.05, 3.63) is 35.4 Å². The number of benzene rings is 1. The van der Waals surface area contributed by atoms with Crippen LogP contribution in [0, 0.1) is 0 Å². The van der Waals surface area contributed by atoms with E-state index in [2.05, 4.69) is 29.6 Å². The Morgan fingerprint density at radius 1 is 1.19 bits per heavy atom. The maximum Gasteiger partial charge on any atom is 0.319 e.